The minimum atomic E-state index is -1.37. The monoisotopic (exact) mass is 278 g/mol. The topological polar surface area (TPSA) is 72.8 Å². The van der Waals surface area contributed by atoms with Crippen molar-refractivity contribution in [3.8, 4) is 11.5 Å². The number of carbonyl (C=O) groups excluding carboxylic acids is 2. The second kappa shape index (κ2) is 4.51. The molecule has 0 saturated carbocycles. The molecule has 0 fully saturated rings. The van der Waals surface area contributed by atoms with E-state index in [1.807, 2.05) is 0 Å². The van der Waals surface area contributed by atoms with Gasteiger partial charge in [0.2, 0.25) is 0 Å². The van der Waals surface area contributed by atoms with Gasteiger partial charge < -0.3 is 14.6 Å². The zero-order valence-electron chi connectivity index (χ0n) is 12.3. The van der Waals surface area contributed by atoms with Gasteiger partial charge >= 0.3 is 11.9 Å². The lowest BCUT2D eigenvalue weighted by Gasteiger charge is -2.32. The molecule has 0 radical (unpaired) electrons. The van der Waals surface area contributed by atoms with Crippen molar-refractivity contribution < 1.29 is 24.2 Å². The summed E-state index contributed by atoms with van der Waals surface area (Å²) in [4.78, 5) is 24.0. The van der Waals surface area contributed by atoms with Crippen molar-refractivity contribution in [2.75, 3.05) is 7.11 Å². The highest BCUT2D eigenvalue weighted by Crippen LogP contribution is 2.44. The SMILES string of the molecule is COC(=O)C1(C)Cc2c(C)c(O)c(C)c(C)c2OC1=O. The Hall–Kier alpha value is -2.04. The molecule has 0 saturated heterocycles. The van der Waals surface area contributed by atoms with Crippen molar-refractivity contribution in [1.82, 2.24) is 0 Å². The third kappa shape index (κ3) is 1.77. The standard InChI is InChI=1S/C15H18O5/c1-7-8(2)12-10(9(3)11(7)16)6-15(4,13(17)19-5)14(18)20-12/h16H,6H2,1-5H3. The molecule has 1 aliphatic rings. The number of hydrogen-bond acceptors (Lipinski definition) is 5. The van der Waals surface area contributed by atoms with Crippen molar-refractivity contribution in [2.45, 2.75) is 34.1 Å². The van der Waals surface area contributed by atoms with E-state index in [2.05, 4.69) is 0 Å². The molecule has 20 heavy (non-hydrogen) atoms. The average Bonchev–Trinajstić information content (AvgIpc) is 2.44. The van der Waals surface area contributed by atoms with Crippen LogP contribution in [0.1, 0.15) is 29.2 Å². The second-order valence-corrected chi connectivity index (χ2v) is 5.42. The summed E-state index contributed by atoms with van der Waals surface area (Å²) < 4.78 is 10.1. The first-order valence-corrected chi connectivity index (χ1v) is 6.36. The largest absolute Gasteiger partial charge is 0.507 e. The van der Waals surface area contributed by atoms with Gasteiger partial charge in [0.15, 0.2) is 5.41 Å². The summed E-state index contributed by atoms with van der Waals surface area (Å²) in [6, 6.07) is 0. The lowest BCUT2D eigenvalue weighted by Crippen LogP contribution is -2.45. The summed E-state index contributed by atoms with van der Waals surface area (Å²) in [7, 11) is 1.24. The number of ether oxygens (including phenoxy) is 2. The van der Waals surface area contributed by atoms with Gasteiger partial charge in [-0.25, -0.2) is 0 Å². The Morgan fingerprint density at radius 2 is 1.85 bits per heavy atom. The Bertz CT molecular complexity index is 617. The molecular weight excluding hydrogens is 260 g/mol. The first-order valence-electron chi connectivity index (χ1n) is 6.36. The molecule has 1 unspecified atom stereocenters. The van der Waals surface area contributed by atoms with Crippen LogP contribution in [-0.4, -0.2) is 24.2 Å². The fraction of sp³-hybridized carbons (Fsp3) is 0.467. The molecule has 0 aromatic heterocycles. The number of phenols is 1. The maximum absolute atomic E-state index is 12.2. The van der Waals surface area contributed by atoms with Crippen LogP contribution in [0.4, 0.5) is 0 Å². The number of aromatic hydroxyl groups is 1. The Balaban J connectivity index is 2.65. The van der Waals surface area contributed by atoms with Crippen LogP contribution >= 0.6 is 0 Å². The summed E-state index contributed by atoms with van der Waals surface area (Å²) >= 11 is 0. The molecule has 0 bridgehead atoms. The molecule has 1 aromatic carbocycles. The number of methoxy groups -OCH3 is 1. The van der Waals surface area contributed by atoms with Gasteiger partial charge in [0, 0.05) is 12.0 Å². The minimum absolute atomic E-state index is 0.161. The van der Waals surface area contributed by atoms with Crippen molar-refractivity contribution in [3.05, 3.63) is 22.3 Å². The first-order chi connectivity index (χ1) is 9.24. The molecule has 1 aromatic rings. The fourth-order valence-corrected chi connectivity index (χ4v) is 2.53. The molecule has 1 atom stereocenters. The number of fused-ring (bicyclic) bond motifs is 1. The van der Waals surface area contributed by atoms with E-state index in [1.165, 1.54) is 14.0 Å². The van der Waals surface area contributed by atoms with E-state index in [-0.39, 0.29) is 12.2 Å². The highest BCUT2D eigenvalue weighted by atomic mass is 16.6. The van der Waals surface area contributed by atoms with Crippen LogP contribution in [0.3, 0.4) is 0 Å². The summed E-state index contributed by atoms with van der Waals surface area (Å²) in [5.74, 6) is -0.634. The molecule has 0 spiro atoms. The van der Waals surface area contributed by atoms with Gasteiger partial charge in [-0.2, -0.15) is 0 Å². The van der Waals surface area contributed by atoms with Crippen LogP contribution in [0.5, 0.6) is 11.5 Å². The predicted molar refractivity (Wildman–Crippen MR) is 71.8 cm³/mol. The summed E-state index contributed by atoms with van der Waals surface area (Å²) in [5.41, 5.74) is 1.32. The quantitative estimate of drug-likeness (QED) is 0.483. The maximum Gasteiger partial charge on any atom is 0.328 e. The van der Waals surface area contributed by atoms with Crippen molar-refractivity contribution >= 4 is 11.9 Å². The van der Waals surface area contributed by atoms with Crippen LogP contribution in [0.15, 0.2) is 0 Å². The van der Waals surface area contributed by atoms with Gasteiger partial charge in [-0.15, -0.1) is 0 Å². The van der Waals surface area contributed by atoms with Gasteiger partial charge in [0.25, 0.3) is 0 Å². The summed E-state index contributed by atoms with van der Waals surface area (Å²) in [5, 5.41) is 10.1. The van der Waals surface area contributed by atoms with E-state index in [0.29, 0.717) is 28.0 Å². The van der Waals surface area contributed by atoms with Crippen molar-refractivity contribution in [2.24, 2.45) is 5.41 Å². The highest BCUT2D eigenvalue weighted by Gasteiger charge is 2.49. The van der Waals surface area contributed by atoms with Gasteiger partial charge in [0.05, 0.1) is 7.11 Å². The van der Waals surface area contributed by atoms with E-state index in [1.54, 1.807) is 20.8 Å². The molecule has 2 rings (SSSR count). The normalized spacial score (nSPS) is 21.1. The highest BCUT2D eigenvalue weighted by molar-refractivity contribution is 6.02. The molecule has 5 nitrogen and oxygen atoms in total. The zero-order chi connectivity index (χ0) is 15.2. The maximum atomic E-state index is 12.2. The molecule has 0 amide bonds. The molecule has 5 heteroatoms. The summed E-state index contributed by atoms with van der Waals surface area (Å²) in [6.07, 6.45) is 0.161. The molecule has 1 aliphatic heterocycles. The first kappa shape index (κ1) is 14.4. The van der Waals surface area contributed by atoms with Crippen LogP contribution in [0, 0.1) is 26.2 Å². The second-order valence-electron chi connectivity index (χ2n) is 5.42. The Kier molecular flexibility index (Phi) is 3.24. The number of benzene rings is 1. The third-order valence-electron chi connectivity index (χ3n) is 4.15. The van der Waals surface area contributed by atoms with E-state index in [9.17, 15) is 14.7 Å². The fourth-order valence-electron chi connectivity index (χ4n) is 2.53. The smallest absolute Gasteiger partial charge is 0.328 e. The number of phenolic OH excluding ortho intramolecular Hbond substituents is 1. The number of carbonyl (C=O) groups is 2. The molecule has 1 heterocycles. The average molecular weight is 278 g/mol. The van der Waals surface area contributed by atoms with E-state index in [4.69, 9.17) is 9.47 Å². The Morgan fingerprint density at radius 3 is 2.40 bits per heavy atom. The number of hydrogen-bond donors (Lipinski definition) is 1. The van der Waals surface area contributed by atoms with Gasteiger partial charge in [-0.1, -0.05) is 0 Å². The van der Waals surface area contributed by atoms with Crippen LogP contribution in [-0.2, 0) is 20.7 Å². The lowest BCUT2D eigenvalue weighted by molar-refractivity contribution is -0.165. The zero-order valence-corrected chi connectivity index (χ0v) is 12.3. The van der Waals surface area contributed by atoms with Crippen LogP contribution in [0.25, 0.3) is 0 Å². The van der Waals surface area contributed by atoms with E-state index < -0.39 is 17.4 Å². The van der Waals surface area contributed by atoms with E-state index in [0.717, 1.165) is 0 Å². The Labute approximate surface area is 117 Å². The molecular formula is C15H18O5. The third-order valence-corrected chi connectivity index (χ3v) is 4.15. The van der Waals surface area contributed by atoms with Crippen LogP contribution < -0.4 is 4.74 Å². The van der Waals surface area contributed by atoms with E-state index >= 15 is 0 Å². The molecule has 1 N–H and O–H groups in total. The van der Waals surface area contributed by atoms with Gasteiger partial charge in [-0.05, 0) is 44.4 Å². The molecule has 108 valence electrons. The van der Waals surface area contributed by atoms with Crippen LogP contribution in [0.2, 0.25) is 0 Å². The minimum Gasteiger partial charge on any atom is -0.507 e. The molecule has 0 aliphatic carbocycles. The van der Waals surface area contributed by atoms with Gasteiger partial charge in [0.1, 0.15) is 11.5 Å². The number of esters is 2. The van der Waals surface area contributed by atoms with Crippen molar-refractivity contribution in [1.29, 1.82) is 0 Å². The van der Waals surface area contributed by atoms with Crippen molar-refractivity contribution in [3.63, 3.8) is 0 Å². The Morgan fingerprint density at radius 1 is 1.25 bits per heavy atom. The lowest BCUT2D eigenvalue weighted by atomic mass is 9.79. The number of rotatable bonds is 1. The predicted octanol–water partition coefficient (Wildman–Crippen LogP) is 1.96. The summed E-state index contributed by atoms with van der Waals surface area (Å²) in [6.45, 7) is 6.79. The van der Waals surface area contributed by atoms with Gasteiger partial charge in [-0.3, -0.25) is 9.59 Å².